The van der Waals surface area contributed by atoms with E-state index in [1.807, 2.05) is 31.3 Å². The highest BCUT2D eigenvalue weighted by atomic mass is 35.5. The number of aryl methyl sites for hydroxylation is 1. The smallest absolute Gasteiger partial charge is 0.286 e. The molecule has 25 heteroatoms. The second kappa shape index (κ2) is 24.3. The molecule has 1 amide bonds. The van der Waals surface area contributed by atoms with Crippen LogP contribution in [0, 0.1) is 17.8 Å². The zero-order valence-electron chi connectivity index (χ0n) is 43.6. The maximum absolute atomic E-state index is 14.9. The van der Waals surface area contributed by atoms with E-state index < -0.39 is 15.8 Å². The highest BCUT2D eigenvalue weighted by Crippen LogP contribution is 2.47. The Balaban J connectivity index is 0.000000232. The molecular weight excluding hydrogens is 1080 g/mol. The van der Waals surface area contributed by atoms with Crippen LogP contribution in [0.2, 0.25) is 15.3 Å². The van der Waals surface area contributed by atoms with Gasteiger partial charge in [0.25, 0.3) is 5.91 Å². The van der Waals surface area contributed by atoms with E-state index >= 15 is 0 Å². The molecule has 78 heavy (non-hydrogen) atoms. The third kappa shape index (κ3) is 12.2. The zero-order valence-corrected chi connectivity index (χ0v) is 46.7. The molecule has 4 aliphatic rings. The van der Waals surface area contributed by atoms with Gasteiger partial charge in [0.1, 0.15) is 45.0 Å². The zero-order chi connectivity index (χ0) is 54.4. The minimum Gasteiger partial charge on any atom is -0.490 e. The Bertz CT molecular complexity index is 3590. The van der Waals surface area contributed by atoms with E-state index in [-0.39, 0.29) is 23.2 Å². The molecule has 0 radical (unpaired) electrons. The lowest BCUT2D eigenvalue weighted by Gasteiger charge is -2.46. The van der Waals surface area contributed by atoms with Gasteiger partial charge in [-0.25, -0.2) is 34.1 Å². The lowest BCUT2D eigenvalue weighted by molar-refractivity contribution is 0.0131. The number of anilines is 2. The molecule has 1 saturated carbocycles. The molecule has 0 saturated heterocycles. The summed E-state index contributed by atoms with van der Waals surface area (Å²) in [7, 11) is 1.67. The summed E-state index contributed by atoms with van der Waals surface area (Å²) in [4.78, 5) is 40.9. The average molecular weight is 1140 g/mol. The van der Waals surface area contributed by atoms with Gasteiger partial charge in [-0.3, -0.25) is 24.0 Å². The van der Waals surface area contributed by atoms with Gasteiger partial charge in [-0.15, -0.1) is 4.36 Å². The van der Waals surface area contributed by atoms with E-state index in [4.69, 9.17) is 53.8 Å². The third-order valence-electron chi connectivity index (χ3n) is 14.7. The van der Waals surface area contributed by atoms with Crippen LogP contribution in [0.1, 0.15) is 60.5 Å². The Labute approximate surface area is 466 Å². The molecule has 2 N–H and O–H groups in total. The van der Waals surface area contributed by atoms with Gasteiger partial charge in [0.15, 0.2) is 22.8 Å². The molecule has 12 rings (SSSR count). The SMILES string of the molecule is COCCn1cc2c(Cl)ncnc2n1.COCCn1cc2c(NS3(=O)=NC(=O)c4ccc5c(c4)N(C[C@@H]4CC[C@H]4[C@@H](OC)/C=C/C[C@H](C)C3)C[C@@]3(CCCc4cc(Cl)ccc43)CO5)ncnc2n1.Clc1ncnc2[nH]ncc12. The molecule has 2 bridgehead atoms. The van der Waals surface area contributed by atoms with E-state index in [1.165, 1.54) is 30.1 Å². The average Bonchev–Trinajstić information content (AvgIpc) is 4.27. The first-order valence-corrected chi connectivity index (χ1v) is 28.5. The largest absolute Gasteiger partial charge is 0.490 e. The first kappa shape index (κ1) is 54.9. The molecule has 1 unspecified atom stereocenters. The number of halogens is 3. The van der Waals surface area contributed by atoms with Crippen molar-refractivity contribution < 1.29 is 28.0 Å². The summed E-state index contributed by atoms with van der Waals surface area (Å²) in [6, 6.07) is 11.8. The highest BCUT2D eigenvalue weighted by molar-refractivity contribution is 7.95. The van der Waals surface area contributed by atoms with Crippen molar-refractivity contribution in [3.63, 3.8) is 0 Å². The fraction of sp³-hybridized carbons (Fsp3) is 0.434. The second-order valence-corrected chi connectivity index (χ2v) is 23.1. The molecule has 2 aliphatic heterocycles. The van der Waals surface area contributed by atoms with Gasteiger partial charge in [0.05, 0.1) is 72.8 Å². The number of benzene rings is 2. The maximum atomic E-state index is 14.9. The standard InChI is InChI=1S/C40H48ClN7O5S.C8H9ClN4O.C5H3ClN4/c1-26-6-4-8-35(52-3)31-12-9-29(31)20-47-23-40(15-5-7-27-18-30(41)11-13-33(27)40)24-53-36-14-10-28(19-34(36)47)39(49)46-54(50,22-26)45-38-32-21-48(16-17-51-2)44-37(32)42-25-43-38;1-14-3-2-13-4-6-7(9)10-5-11-8(6)12-13;6-4-3-1-9-10-5(3)8-2-7-4/h4,8,10-11,13-14,18-19,21,25-26,29,31,35H,5-7,9,12,15-17,20,22-24H2,1-3H3,(H,42,43,44,45,46,49,50);4-5H,2-3H2,1H3;1-2H,(H,7,8,9,10)/b8-4+;;/t26-,29-,31+,35-,40-,54?;;/m0../s1. The number of aromatic nitrogens is 12. The van der Waals surface area contributed by atoms with Crippen molar-refractivity contribution in [2.45, 2.75) is 70.1 Å². The molecule has 6 atom stereocenters. The Morgan fingerprint density at radius 3 is 2.32 bits per heavy atom. The molecule has 1 spiro atoms. The van der Waals surface area contributed by atoms with E-state index in [0.717, 1.165) is 72.4 Å². The number of methoxy groups -OCH3 is 3. The van der Waals surface area contributed by atoms with Gasteiger partial charge < -0.3 is 23.8 Å². The van der Waals surface area contributed by atoms with Gasteiger partial charge in [-0.2, -0.15) is 15.3 Å². The number of carbonyl (C=O) groups is 1. The van der Waals surface area contributed by atoms with Crippen molar-refractivity contribution >= 4 is 95.2 Å². The Kier molecular flexibility index (Phi) is 17.1. The summed E-state index contributed by atoms with van der Waals surface area (Å²) in [6.45, 7) is 6.34. The molecule has 410 valence electrons. The highest BCUT2D eigenvalue weighted by Gasteiger charge is 2.44. The van der Waals surface area contributed by atoms with Crippen LogP contribution in [0.4, 0.5) is 11.5 Å². The number of nitrogens with one attached hydrogen (secondary N) is 2. The Morgan fingerprint density at radius 2 is 1.60 bits per heavy atom. The third-order valence-corrected chi connectivity index (χ3v) is 17.5. The first-order valence-electron chi connectivity index (χ1n) is 25.7. The molecule has 21 nitrogen and oxygen atoms in total. The molecule has 2 aliphatic carbocycles. The Morgan fingerprint density at radius 1 is 0.872 bits per heavy atom. The number of carbonyl (C=O) groups excluding carboxylic acids is 1. The van der Waals surface area contributed by atoms with Crippen molar-refractivity contribution in [2.24, 2.45) is 22.1 Å². The maximum Gasteiger partial charge on any atom is 0.286 e. The molecule has 1 fully saturated rings. The van der Waals surface area contributed by atoms with Crippen molar-refractivity contribution in [1.29, 1.82) is 0 Å². The Hall–Kier alpha value is -6.40. The van der Waals surface area contributed by atoms with Crippen molar-refractivity contribution in [3.8, 4) is 5.75 Å². The van der Waals surface area contributed by atoms with Crippen LogP contribution in [0.15, 0.2) is 90.5 Å². The van der Waals surface area contributed by atoms with Crippen LogP contribution >= 0.6 is 34.8 Å². The minimum atomic E-state index is -3.39. The van der Waals surface area contributed by atoms with Crippen molar-refractivity contribution in [1.82, 2.24) is 59.7 Å². The number of ether oxygens (including phenoxy) is 4. The van der Waals surface area contributed by atoms with Crippen LogP contribution in [-0.2, 0) is 49.1 Å². The van der Waals surface area contributed by atoms with E-state index in [0.29, 0.717) is 95.2 Å². The van der Waals surface area contributed by atoms with E-state index in [2.05, 4.69) is 88.6 Å². The summed E-state index contributed by atoms with van der Waals surface area (Å²) < 4.78 is 49.0. The quantitative estimate of drug-likeness (QED) is 0.101. The van der Waals surface area contributed by atoms with Crippen LogP contribution in [0.25, 0.3) is 33.1 Å². The molecular formula is C53H60Cl3N15O6S. The summed E-state index contributed by atoms with van der Waals surface area (Å²) in [6.07, 6.45) is 19.5. The monoisotopic (exact) mass is 1140 g/mol. The summed E-state index contributed by atoms with van der Waals surface area (Å²) in [5.41, 5.74) is 5.23. The van der Waals surface area contributed by atoms with Gasteiger partial charge in [-0.1, -0.05) is 59.9 Å². The van der Waals surface area contributed by atoms with Gasteiger partial charge in [0, 0.05) is 62.8 Å². The van der Waals surface area contributed by atoms with Gasteiger partial charge in [-0.05, 0) is 97.7 Å². The summed E-state index contributed by atoms with van der Waals surface area (Å²) in [5, 5.41) is 18.9. The molecule has 2 aromatic carbocycles. The number of nitrogens with zero attached hydrogens (tertiary/aromatic N) is 13. The number of amides is 1. The number of aromatic amines is 1. The van der Waals surface area contributed by atoms with Crippen molar-refractivity contribution in [3.05, 3.63) is 118 Å². The van der Waals surface area contributed by atoms with Crippen LogP contribution in [-0.4, -0.2) is 136 Å². The number of hydrogen-bond donors (Lipinski definition) is 2. The van der Waals surface area contributed by atoms with Crippen LogP contribution in [0.3, 0.4) is 0 Å². The minimum absolute atomic E-state index is 0.0397. The molecule has 8 heterocycles. The number of allylic oxidation sites excluding steroid dienone is 1. The van der Waals surface area contributed by atoms with Crippen LogP contribution in [0.5, 0.6) is 5.75 Å². The first-order chi connectivity index (χ1) is 37.8. The van der Waals surface area contributed by atoms with E-state index in [1.54, 1.807) is 49.2 Å². The second-order valence-electron chi connectivity index (χ2n) is 20.0. The number of H-pyrrole nitrogens is 1. The summed E-state index contributed by atoms with van der Waals surface area (Å²) >= 11 is 18.0. The van der Waals surface area contributed by atoms with E-state index in [9.17, 15) is 9.00 Å². The number of hydrogen-bond acceptors (Lipinski definition) is 16. The van der Waals surface area contributed by atoms with Crippen molar-refractivity contribution in [2.75, 3.05) is 69.6 Å². The number of rotatable bonds is 9. The predicted octanol–water partition coefficient (Wildman–Crippen LogP) is 9.00. The predicted molar refractivity (Wildman–Crippen MR) is 300 cm³/mol. The van der Waals surface area contributed by atoms with Gasteiger partial charge in [0.2, 0.25) is 0 Å². The van der Waals surface area contributed by atoms with Gasteiger partial charge >= 0.3 is 0 Å². The normalized spacial score (nSPS) is 23.4. The lowest BCUT2D eigenvalue weighted by Crippen LogP contribution is -2.49. The molecule has 8 aromatic rings. The van der Waals surface area contributed by atoms with Crippen LogP contribution < -0.4 is 14.4 Å². The molecule has 6 aromatic heterocycles. The number of fused-ring (bicyclic) bond motifs is 7. The topological polar surface area (TPSA) is 240 Å². The fourth-order valence-corrected chi connectivity index (χ4v) is 13.2. The summed E-state index contributed by atoms with van der Waals surface area (Å²) in [5.74, 6) is 1.25. The fourth-order valence-electron chi connectivity index (χ4n) is 10.7. The lowest BCUT2D eigenvalue weighted by atomic mass is 9.68.